The first-order valence-corrected chi connectivity index (χ1v) is 5.63. The fourth-order valence-electron chi connectivity index (χ4n) is 0.109. The van der Waals surface area contributed by atoms with Gasteiger partial charge in [0, 0.05) is 0 Å². The van der Waals surface area contributed by atoms with Gasteiger partial charge in [-0.15, -0.1) is 0 Å². The fourth-order valence-corrected chi connectivity index (χ4v) is 1.85. The Hall–Kier alpha value is 0.702. The number of rotatable bonds is 2. The van der Waals surface area contributed by atoms with Crippen LogP contribution in [0, 0.1) is 0 Å². The molecule has 0 fully saturated rings. The molecule has 0 saturated heterocycles. The molecule has 0 aromatic rings. The normalized spacial score (nSPS) is 11.1. The van der Waals surface area contributed by atoms with Gasteiger partial charge in [0.2, 0.25) is 0 Å². The Morgan fingerprint density at radius 2 is 1.09 bits per heavy atom. The molecule has 0 atom stereocenters. The summed E-state index contributed by atoms with van der Waals surface area (Å²) in [4.78, 5) is 0. The van der Waals surface area contributed by atoms with Crippen molar-refractivity contribution in [2.75, 3.05) is 0 Å². The van der Waals surface area contributed by atoms with Gasteiger partial charge in [0.15, 0.2) is 0 Å². The van der Waals surface area contributed by atoms with E-state index in [0.717, 1.165) is 0 Å². The third kappa shape index (κ3) is 18.0. The summed E-state index contributed by atoms with van der Waals surface area (Å²) in [6.07, 6.45) is 0. The molecule has 0 bridgehead atoms. The molecule has 11 heavy (non-hydrogen) atoms. The second-order valence-electron chi connectivity index (χ2n) is 0.924. The van der Waals surface area contributed by atoms with E-state index in [1.807, 2.05) is 0 Å². The van der Waals surface area contributed by atoms with Gasteiger partial charge in [0.25, 0.3) is 0 Å². The minimum absolute atomic E-state index is 0. The Labute approximate surface area is 77.8 Å². The standard InChI is InChI=1S/2Cr.Li.3H2O.5O.H/h;;;3*1H2;;;;;;/q2*+1;;;;;;;;;;/p-2. The van der Waals surface area contributed by atoms with Crippen molar-refractivity contribution in [3.8, 4) is 0 Å². The van der Waals surface area contributed by atoms with E-state index in [0.29, 0.717) is 0 Å². The molecule has 11 heteroatoms. The molecule has 0 aliphatic heterocycles. The van der Waals surface area contributed by atoms with Crippen LogP contribution < -0.4 is 0 Å². The Bertz CT molecular complexity index is 237. The molecule has 0 aliphatic rings. The predicted octanol–water partition coefficient (Wildman–Crippen LogP) is -3.14. The van der Waals surface area contributed by atoms with Crippen LogP contribution in [-0.2, 0) is 45.3 Å². The first-order valence-electron chi connectivity index (χ1n) is 1.37. The third-order valence-electron chi connectivity index (χ3n) is 0.172. The van der Waals surface area contributed by atoms with Gasteiger partial charge >= 0.3 is 72.5 Å². The molecule has 8 nitrogen and oxygen atoms in total. The zero-order valence-electron chi connectivity index (χ0n) is 4.25. The van der Waals surface area contributed by atoms with Crippen molar-refractivity contribution in [1.29, 1.82) is 0 Å². The Kier molecular flexibility index (Phi) is 8.63. The van der Waals surface area contributed by atoms with Crippen LogP contribution in [0.5, 0.6) is 0 Å². The van der Waals surface area contributed by atoms with Crippen LogP contribution in [0.2, 0.25) is 0 Å². The Balaban J connectivity index is -0.000000320. The molecular formula is H5Cr2LiO8. The summed E-state index contributed by atoms with van der Waals surface area (Å²) in [6, 6.07) is 0. The molecule has 0 aromatic carbocycles. The minimum atomic E-state index is -5.76. The number of hydrogen-bond donors (Lipinski definition) is 2. The van der Waals surface area contributed by atoms with Crippen molar-refractivity contribution in [2.45, 2.75) is 0 Å². The van der Waals surface area contributed by atoms with Gasteiger partial charge in [-0.2, -0.15) is 0 Å². The maximum atomic E-state index is 9.53. The van der Waals surface area contributed by atoms with Gasteiger partial charge < -0.3 is 5.48 Å². The predicted molar refractivity (Wildman–Crippen MR) is 19.0 cm³/mol. The van der Waals surface area contributed by atoms with E-state index in [9.17, 15) is 15.2 Å². The van der Waals surface area contributed by atoms with Crippen LogP contribution in [0.4, 0.5) is 0 Å². The van der Waals surface area contributed by atoms with E-state index in [1.54, 1.807) is 0 Å². The second kappa shape index (κ2) is 5.37. The zero-order chi connectivity index (χ0) is 7.71. The van der Waals surface area contributed by atoms with E-state index >= 15 is 0 Å². The molecular weight excluding hydrogens is 239 g/mol. The third-order valence-corrected chi connectivity index (χ3v) is 2.92. The van der Waals surface area contributed by atoms with Crippen LogP contribution >= 0.6 is 0 Å². The molecule has 0 spiro atoms. The van der Waals surface area contributed by atoms with E-state index in [2.05, 4.69) is 2.84 Å². The molecule has 0 aromatic heterocycles. The average Bonchev–Trinajstić information content (AvgIpc) is 1.14. The Morgan fingerprint density at radius 1 is 0.909 bits per heavy atom. The summed E-state index contributed by atoms with van der Waals surface area (Å²) >= 11 is -11.5. The number of hydrogen-bond acceptors (Lipinski definition) is 5. The van der Waals surface area contributed by atoms with Gasteiger partial charge in [-0.05, 0) is 0 Å². The van der Waals surface area contributed by atoms with Crippen molar-refractivity contribution in [3.05, 3.63) is 0 Å². The van der Waals surface area contributed by atoms with Crippen LogP contribution in [-0.4, -0.2) is 32.7 Å². The van der Waals surface area contributed by atoms with Crippen molar-refractivity contribution in [1.82, 2.24) is 0 Å². The first kappa shape index (κ1) is 17.7. The van der Waals surface area contributed by atoms with Gasteiger partial charge in [0.05, 0.1) is 0 Å². The van der Waals surface area contributed by atoms with Crippen molar-refractivity contribution < 1.29 is 59.1 Å². The van der Waals surface area contributed by atoms with Crippen molar-refractivity contribution in [3.63, 3.8) is 0 Å². The van der Waals surface area contributed by atoms with Gasteiger partial charge in [-0.3, -0.25) is 0 Å². The van der Waals surface area contributed by atoms with Gasteiger partial charge in [0.1, 0.15) is 0 Å². The molecule has 0 amide bonds. The van der Waals surface area contributed by atoms with Crippen LogP contribution in [0.3, 0.4) is 0 Å². The molecule has 0 saturated carbocycles. The van der Waals surface area contributed by atoms with Crippen molar-refractivity contribution >= 4 is 18.9 Å². The first-order chi connectivity index (χ1) is 3.71. The SMILES string of the molecule is O.[LiH].[O]=[Cr](=[O])([OH])[O][Cr](=[O])(=[O])[OH]. The van der Waals surface area contributed by atoms with Crippen LogP contribution in [0.1, 0.15) is 0 Å². The van der Waals surface area contributed by atoms with E-state index in [1.165, 1.54) is 0 Å². The summed E-state index contributed by atoms with van der Waals surface area (Å²) < 4.78 is 56.3. The Morgan fingerprint density at radius 3 is 1.09 bits per heavy atom. The summed E-state index contributed by atoms with van der Waals surface area (Å²) in [7, 11) is 0. The van der Waals surface area contributed by atoms with Crippen LogP contribution in [0.15, 0.2) is 0 Å². The molecule has 0 heterocycles. The molecule has 0 aliphatic carbocycles. The molecule has 0 unspecified atom stereocenters. The molecule has 0 rings (SSSR count). The zero-order valence-corrected chi connectivity index (χ0v) is 6.80. The molecule has 0 radical (unpaired) electrons. The van der Waals surface area contributed by atoms with E-state index in [4.69, 9.17) is 8.32 Å². The van der Waals surface area contributed by atoms with E-state index in [-0.39, 0.29) is 24.3 Å². The summed E-state index contributed by atoms with van der Waals surface area (Å²) in [5.74, 6) is 0. The quantitative estimate of drug-likeness (QED) is 0.487. The summed E-state index contributed by atoms with van der Waals surface area (Å²) in [5.41, 5.74) is 0. The van der Waals surface area contributed by atoms with Gasteiger partial charge in [-0.25, -0.2) is 0 Å². The van der Waals surface area contributed by atoms with E-state index < -0.39 is 27.2 Å². The summed E-state index contributed by atoms with van der Waals surface area (Å²) in [5, 5.41) is 0. The second-order valence-corrected chi connectivity index (χ2v) is 4.68. The topological polar surface area (TPSA) is 149 Å². The van der Waals surface area contributed by atoms with Gasteiger partial charge in [-0.1, -0.05) is 0 Å². The average molecular weight is 244 g/mol. The molecule has 66 valence electrons. The van der Waals surface area contributed by atoms with Crippen LogP contribution in [0.25, 0.3) is 0 Å². The fraction of sp³-hybridized carbons (Fsp3) is 0. The maximum absolute atomic E-state index is 9.53. The monoisotopic (exact) mass is 244 g/mol. The molecule has 4 N–H and O–H groups in total. The summed E-state index contributed by atoms with van der Waals surface area (Å²) in [6.45, 7) is 0. The van der Waals surface area contributed by atoms with Crippen molar-refractivity contribution in [2.24, 2.45) is 0 Å².